The number of nitrogens with one attached hydrogen (secondary N) is 1. The largest absolute Gasteiger partial charge is 0.459 e. The van der Waals surface area contributed by atoms with Gasteiger partial charge in [0.05, 0.1) is 11.7 Å². The Hall–Kier alpha value is -1.40. The summed E-state index contributed by atoms with van der Waals surface area (Å²) in [5, 5.41) is 3.39. The molecule has 1 amide bonds. The fraction of sp³-hybridized carbons (Fsp3) is 0.625. The highest BCUT2D eigenvalue weighted by Gasteiger charge is 2.27. The van der Waals surface area contributed by atoms with Crippen molar-refractivity contribution in [1.82, 2.24) is 0 Å². The maximum Gasteiger partial charge on any atom is 0.341 e. The minimum Gasteiger partial charge on any atom is -0.459 e. The first-order valence-corrected chi connectivity index (χ1v) is 8.47. The van der Waals surface area contributed by atoms with Gasteiger partial charge in [-0.15, -0.1) is 11.3 Å². The van der Waals surface area contributed by atoms with Crippen LogP contribution < -0.4 is 5.32 Å². The quantitative estimate of drug-likeness (QED) is 0.841. The summed E-state index contributed by atoms with van der Waals surface area (Å²) in [7, 11) is 0. The van der Waals surface area contributed by atoms with E-state index in [9.17, 15) is 9.59 Å². The zero-order chi connectivity index (χ0) is 16.3. The minimum absolute atomic E-state index is 0.187. The van der Waals surface area contributed by atoms with Crippen molar-refractivity contribution in [2.24, 2.45) is 0 Å². The molecule has 1 aliphatic rings. The summed E-state index contributed by atoms with van der Waals surface area (Å²) in [6.07, 6.45) is 0.998. The molecule has 0 aliphatic carbocycles. The number of carbonyl (C=O) groups is 2. The summed E-state index contributed by atoms with van der Waals surface area (Å²) in [6, 6.07) is 1.81. The van der Waals surface area contributed by atoms with Crippen LogP contribution in [0.5, 0.6) is 0 Å². The molecule has 0 saturated carbocycles. The average molecular weight is 325 g/mol. The van der Waals surface area contributed by atoms with Gasteiger partial charge in [0.2, 0.25) is 0 Å². The Labute approximate surface area is 135 Å². The van der Waals surface area contributed by atoms with Crippen molar-refractivity contribution in [3.05, 3.63) is 16.5 Å². The maximum absolute atomic E-state index is 12.2. The molecule has 6 heteroatoms. The molecule has 22 heavy (non-hydrogen) atoms. The van der Waals surface area contributed by atoms with Crippen molar-refractivity contribution in [3.63, 3.8) is 0 Å². The third-order valence-electron chi connectivity index (χ3n) is 3.34. The minimum atomic E-state index is -0.418. The molecule has 5 nitrogen and oxygen atoms in total. The van der Waals surface area contributed by atoms with Crippen LogP contribution in [0.25, 0.3) is 0 Å². The highest BCUT2D eigenvalue weighted by molar-refractivity contribution is 7.16. The lowest BCUT2D eigenvalue weighted by atomic mass is 10.1. The van der Waals surface area contributed by atoms with Gasteiger partial charge in [0.1, 0.15) is 11.1 Å². The lowest BCUT2D eigenvalue weighted by molar-refractivity contribution is -0.124. The summed E-state index contributed by atoms with van der Waals surface area (Å²) in [4.78, 5) is 25.5. The van der Waals surface area contributed by atoms with Gasteiger partial charge >= 0.3 is 5.97 Å². The van der Waals surface area contributed by atoms with E-state index in [-0.39, 0.29) is 17.9 Å². The summed E-state index contributed by atoms with van der Waals surface area (Å²) in [5.74, 6) is -0.307. The number of esters is 1. The van der Waals surface area contributed by atoms with Crippen molar-refractivity contribution in [3.8, 4) is 0 Å². The molecular formula is C16H23NO4S. The fourth-order valence-electron chi connectivity index (χ4n) is 2.19. The van der Waals surface area contributed by atoms with Gasteiger partial charge in [-0.1, -0.05) is 13.8 Å². The summed E-state index contributed by atoms with van der Waals surface area (Å²) >= 11 is 1.42. The molecule has 0 spiro atoms. The van der Waals surface area contributed by atoms with Crippen LogP contribution in [0.2, 0.25) is 0 Å². The number of carbonyl (C=O) groups excluding carboxylic acids is 2. The van der Waals surface area contributed by atoms with Crippen LogP contribution in [0.4, 0.5) is 5.00 Å². The van der Waals surface area contributed by atoms with E-state index in [1.54, 1.807) is 13.8 Å². The van der Waals surface area contributed by atoms with Gasteiger partial charge in [0.15, 0.2) is 0 Å². The highest BCUT2D eigenvalue weighted by atomic mass is 32.1. The van der Waals surface area contributed by atoms with Crippen LogP contribution in [0, 0.1) is 0 Å². The van der Waals surface area contributed by atoms with Crippen molar-refractivity contribution in [1.29, 1.82) is 0 Å². The second-order valence-corrected chi connectivity index (χ2v) is 7.08. The zero-order valence-electron chi connectivity index (χ0n) is 13.5. The van der Waals surface area contributed by atoms with E-state index in [0.29, 0.717) is 17.2 Å². The average Bonchev–Trinajstić information content (AvgIpc) is 3.06. The lowest BCUT2D eigenvalue weighted by Crippen LogP contribution is -2.27. The van der Waals surface area contributed by atoms with Crippen LogP contribution in [0.1, 0.15) is 61.7 Å². The van der Waals surface area contributed by atoms with Gasteiger partial charge in [0, 0.05) is 11.5 Å². The third-order valence-corrected chi connectivity index (χ3v) is 4.69. The Bertz CT molecular complexity index is 544. The number of amides is 1. The molecule has 122 valence electrons. The van der Waals surface area contributed by atoms with E-state index in [0.717, 1.165) is 17.7 Å². The van der Waals surface area contributed by atoms with Gasteiger partial charge < -0.3 is 14.8 Å². The van der Waals surface area contributed by atoms with Crippen LogP contribution in [0.3, 0.4) is 0 Å². The molecule has 0 unspecified atom stereocenters. The van der Waals surface area contributed by atoms with Crippen molar-refractivity contribution in [2.45, 2.75) is 58.7 Å². The lowest BCUT2D eigenvalue weighted by Gasteiger charge is -2.11. The number of ether oxygens (including phenoxy) is 2. The number of anilines is 1. The first-order valence-electron chi connectivity index (χ1n) is 7.65. The van der Waals surface area contributed by atoms with Gasteiger partial charge in [-0.25, -0.2) is 4.79 Å². The van der Waals surface area contributed by atoms with Crippen LogP contribution in [0.15, 0.2) is 6.07 Å². The Kier molecular flexibility index (Phi) is 5.58. The zero-order valence-corrected chi connectivity index (χ0v) is 14.3. The number of hydrogen-bond acceptors (Lipinski definition) is 5. The summed E-state index contributed by atoms with van der Waals surface area (Å²) in [5.41, 5.74) is 0.425. The van der Waals surface area contributed by atoms with Crippen LogP contribution in [-0.2, 0) is 14.3 Å². The van der Waals surface area contributed by atoms with Gasteiger partial charge in [-0.05, 0) is 38.7 Å². The van der Waals surface area contributed by atoms with E-state index in [1.807, 2.05) is 6.07 Å². The Balaban J connectivity index is 2.20. The molecule has 1 aliphatic heterocycles. The van der Waals surface area contributed by atoms with Gasteiger partial charge in [-0.2, -0.15) is 0 Å². The number of thiophene rings is 1. The SMILES string of the molecule is CC(C)OC(=O)c1cc(C(C)C)sc1NC(=O)[C@H]1CCCO1. The molecule has 1 saturated heterocycles. The monoisotopic (exact) mass is 325 g/mol. The van der Waals surface area contributed by atoms with Crippen LogP contribution >= 0.6 is 11.3 Å². The van der Waals surface area contributed by atoms with Crippen molar-refractivity contribution < 1.29 is 19.1 Å². The van der Waals surface area contributed by atoms with Crippen molar-refractivity contribution in [2.75, 3.05) is 11.9 Å². The van der Waals surface area contributed by atoms with Gasteiger partial charge in [0.25, 0.3) is 5.91 Å². The predicted molar refractivity (Wildman–Crippen MR) is 86.6 cm³/mol. The molecule has 0 aromatic carbocycles. The molecule has 1 N–H and O–H groups in total. The Morgan fingerprint density at radius 1 is 1.36 bits per heavy atom. The fourth-order valence-corrected chi connectivity index (χ4v) is 3.25. The van der Waals surface area contributed by atoms with E-state index >= 15 is 0 Å². The summed E-state index contributed by atoms with van der Waals surface area (Å²) in [6.45, 7) is 8.32. The first kappa shape index (κ1) is 17.0. The molecule has 2 heterocycles. The molecule has 1 aromatic rings. The molecule has 1 fully saturated rings. The third kappa shape index (κ3) is 4.08. The predicted octanol–water partition coefficient (Wildman–Crippen LogP) is 3.55. The standard InChI is InChI=1S/C16H23NO4S/c1-9(2)13-8-11(16(19)21-10(3)4)15(22-13)17-14(18)12-6-5-7-20-12/h8-10,12H,5-7H2,1-4H3,(H,17,18)/t12-/m1/s1. The number of hydrogen-bond donors (Lipinski definition) is 1. The van der Waals surface area contributed by atoms with Gasteiger partial charge in [-0.3, -0.25) is 4.79 Å². The normalized spacial score (nSPS) is 18.0. The molecule has 2 rings (SSSR count). The number of rotatable bonds is 5. The van der Waals surface area contributed by atoms with Crippen LogP contribution in [-0.4, -0.2) is 30.7 Å². The molecular weight excluding hydrogens is 302 g/mol. The molecule has 1 atom stereocenters. The smallest absolute Gasteiger partial charge is 0.341 e. The Morgan fingerprint density at radius 2 is 2.09 bits per heavy atom. The first-order chi connectivity index (χ1) is 10.4. The topological polar surface area (TPSA) is 64.6 Å². The Morgan fingerprint density at radius 3 is 2.64 bits per heavy atom. The second kappa shape index (κ2) is 7.24. The molecule has 1 aromatic heterocycles. The maximum atomic E-state index is 12.2. The summed E-state index contributed by atoms with van der Waals surface area (Å²) < 4.78 is 10.6. The molecule has 0 radical (unpaired) electrons. The van der Waals surface area contributed by atoms with Crippen molar-refractivity contribution >= 4 is 28.2 Å². The highest BCUT2D eigenvalue weighted by Crippen LogP contribution is 2.34. The van der Waals surface area contributed by atoms with E-state index in [4.69, 9.17) is 9.47 Å². The molecule has 0 bridgehead atoms. The van der Waals surface area contributed by atoms with E-state index < -0.39 is 12.1 Å². The second-order valence-electron chi connectivity index (χ2n) is 5.99. The van der Waals surface area contributed by atoms with E-state index in [2.05, 4.69) is 19.2 Å². The van der Waals surface area contributed by atoms with E-state index in [1.165, 1.54) is 11.3 Å².